The minimum Gasteiger partial charge on any atom is -0.271 e. The fourth-order valence-corrected chi connectivity index (χ4v) is 2.97. The number of thiophene rings is 1. The zero-order valence-corrected chi connectivity index (χ0v) is 10.6. The molecule has 0 aliphatic carbocycles. The molecule has 0 saturated carbocycles. The number of hydrogen-bond donors (Lipinski definition) is 2. The van der Waals surface area contributed by atoms with E-state index in [2.05, 4.69) is 5.43 Å². The van der Waals surface area contributed by atoms with Gasteiger partial charge in [0.1, 0.15) is 9.84 Å². The Kier molecular flexibility index (Phi) is 4.54. The molecule has 1 aromatic rings. The standard InChI is InChI=1S/C8H13ClN2O2S2/c1-15(12,13)5-4-6(11-10)7-2-3-8(9)14-7/h2-3,6,11H,4-5,10H2,1H3. The van der Waals surface area contributed by atoms with Gasteiger partial charge in [-0.2, -0.15) is 0 Å². The highest BCUT2D eigenvalue weighted by molar-refractivity contribution is 7.90. The zero-order chi connectivity index (χ0) is 11.5. The summed E-state index contributed by atoms with van der Waals surface area (Å²) in [6, 6.07) is 3.46. The maximum Gasteiger partial charge on any atom is 0.147 e. The first-order valence-electron chi connectivity index (χ1n) is 4.31. The van der Waals surface area contributed by atoms with Crippen LogP contribution in [0.5, 0.6) is 0 Å². The first-order valence-corrected chi connectivity index (χ1v) is 7.57. The van der Waals surface area contributed by atoms with Crippen molar-refractivity contribution in [1.82, 2.24) is 5.43 Å². The molecule has 0 fully saturated rings. The molecule has 1 atom stereocenters. The molecule has 7 heteroatoms. The largest absolute Gasteiger partial charge is 0.271 e. The number of nitrogens with two attached hydrogens (primary N) is 1. The normalized spacial score (nSPS) is 14.1. The van der Waals surface area contributed by atoms with Gasteiger partial charge in [0.05, 0.1) is 16.1 Å². The van der Waals surface area contributed by atoms with Gasteiger partial charge in [0.2, 0.25) is 0 Å². The molecule has 3 N–H and O–H groups in total. The highest BCUT2D eigenvalue weighted by Crippen LogP contribution is 2.28. The van der Waals surface area contributed by atoms with Crippen molar-refractivity contribution in [3.05, 3.63) is 21.3 Å². The Bertz CT molecular complexity index is 416. The van der Waals surface area contributed by atoms with Gasteiger partial charge < -0.3 is 0 Å². The third kappa shape index (κ3) is 4.48. The lowest BCUT2D eigenvalue weighted by atomic mass is 10.2. The fraction of sp³-hybridized carbons (Fsp3) is 0.500. The van der Waals surface area contributed by atoms with Gasteiger partial charge in [-0.25, -0.2) is 8.42 Å². The van der Waals surface area contributed by atoms with E-state index in [4.69, 9.17) is 17.4 Å². The molecule has 0 aliphatic rings. The molecule has 4 nitrogen and oxygen atoms in total. The van der Waals surface area contributed by atoms with Crippen molar-refractivity contribution in [2.24, 2.45) is 5.84 Å². The topological polar surface area (TPSA) is 72.2 Å². The number of hydrogen-bond acceptors (Lipinski definition) is 5. The predicted molar refractivity (Wildman–Crippen MR) is 63.7 cm³/mol. The van der Waals surface area contributed by atoms with Crippen LogP contribution < -0.4 is 11.3 Å². The van der Waals surface area contributed by atoms with E-state index in [-0.39, 0.29) is 11.8 Å². The van der Waals surface area contributed by atoms with E-state index in [9.17, 15) is 8.42 Å². The highest BCUT2D eigenvalue weighted by Gasteiger charge is 2.14. The lowest BCUT2D eigenvalue weighted by Crippen LogP contribution is -2.28. The van der Waals surface area contributed by atoms with Crippen LogP contribution in [-0.4, -0.2) is 20.4 Å². The first kappa shape index (κ1) is 12.9. The lowest BCUT2D eigenvalue weighted by Gasteiger charge is -2.12. The SMILES string of the molecule is CS(=O)(=O)CCC(NN)c1ccc(Cl)s1. The average Bonchev–Trinajstić information content (AvgIpc) is 2.51. The summed E-state index contributed by atoms with van der Waals surface area (Å²) in [7, 11) is -2.95. The monoisotopic (exact) mass is 268 g/mol. The van der Waals surface area contributed by atoms with E-state index in [0.29, 0.717) is 10.8 Å². The van der Waals surface area contributed by atoms with Gasteiger partial charge >= 0.3 is 0 Å². The molecular weight excluding hydrogens is 256 g/mol. The van der Waals surface area contributed by atoms with Gasteiger partial charge in [0.15, 0.2) is 0 Å². The summed E-state index contributed by atoms with van der Waals surface area (Å²) >= 11 is 7.18. The van der Waals surface area contributed by atoms with E-state index < -0.39 is 9.84 Å². The molecule has 1 unspecified atom stereocenters. The maximum absolute atomic E-state index is 11.0. The van der Waals surface area contributed by atoms with Crippen LogP contribution in [0.1, 0.15) is 17.3 Å². The molecule has 1 aromatic heterocycles. The molecule has 0 aromatic carbocycles. The zero-order valence-electron chi connectivity index (χ0n) is 8.23. The first-order chi connectivity index (χ1) is 6.92. The van der Waals surface area contributed by atoms with Crippen LogP contribution in [0.15, 0.2) is 12.1 Å². The minimum absolute atomic E-state index is 0.109. The summed E-state index contributed by atoms with van der Waals surface area (Å²) in [4.78, 5) is 0.950. The van der Waals surface area contributed by atoms with Crippen molar-refractivity contribution >= 4 is 32.8 Å². The number of sulfone groups is 1. The highest BCUT2D eigenvalue weighted by atomic mass is 35.5. The van der Waals surface area contributed by atoms with Crippen LogP contribution in [0.4, 0.5) is 0 Å². The Morgan fingerprint density at radius 3 is 2.67 bits per heavy atom. The van der Waals surface area contributed by atoms with Crippen LogP contribution in [0.3, 0.4) is 0 Å². The average molecular weight is 269 g/mol. The van der Waals surface area contributed by atoms with E-state index in [1.165, 1.54) is 17.6 Å². The smallest absolute Gasteiger partial charge is 0.147 e. The van der Waals surface area contributed by atoms with E-state index in [1.807, 2.05) is 6.07 Å². The molecular formula is C8H13ClN2O2S2. The van der Waals surface area contributed by atoms with Gasteiger partial charge in [0, 0.05) is 11.1 Å². The van der Waals surface area contributed by atoms with Crippen molar-refractivity contribution in [2.45, 2.75) is 12.5 Å². The Morgan fingerprint density at radius 1 is 1.60 bits per heavy atom. The summed E-state index contributed by atoms with van der Waals surface area (Å²) in [5, 5.41) is 0. The second-order valence-corrected chi connectivity index (χ2v) is 7.29. The number of rotatable bonds is 5. The molecule has 15 heavy (non-hydrogen) atoms. The molecule has 1 rings (SSSR count). The number of halogens is 1. The Hall–Kier alpha value is -0.140. The van der Waals surface area contributed by atoms with Crippen LogP contribution in [0, 0.1) is 0 Å². The molecule has 86 valence electrons. The van der Waals surface area contributed by atoms with E-state index >= 15 is 0 Å². The molecule has 0 radical (unpaired) electrons. The third-order valence-electron chi connectivity index (χ3n) is 1.92. The van der Waals surface area contributed by atoms with Gasteiger partial charge in [0.25, 0.3) is 0 Å². The van der Waals surface area contributed by atoms with Crippen molar-refractivity contribution in [3.63, 3.8) is 0 Å². The molecule has 0 saturated heterocycles. The molecule has 1 heterocycles. The van der Waals surface area contributed by atoms with E-state index in [0.717, 1.165) is 4.88 Å². The van der Waals surface area contributed by atoms with Gasteiger partial charge in [-0.1, -0.05) is 11.6 Å². The molecule has 0 bridgehead atoms. The fourth-order valence-electron chi connectivity index (χ4n) is 1.16. The van der Waals surface area contributed by atoms with Gasteiger partial charge in [-0.15, -0.1) is 11.3 Å². The van der Waals surface area contributed by atoms with E-state index in [1.54, 1.807) is 6.07 Å². The summed E-state index contributed by atoms with van der Waals surface area (Å²) in [5.41, 5.74) is 2.59. The third-order valence-corrected chi connectivity index (χ3v) is 4.24. The second-order valence-electron chi connectivity index (χ2n) is 3.28. The molecule has 0 amide bonds. The number of nitrogens with one attached hydrogen (secondary N) is 1. The molecule has 0 spiro atoms. The Balaban J connectivity index is 2.65. The molecule has 0 aliphatic heterocycles. The van der Waals surface area contributed by atoms with Crippen molar-refractivity contribution in [2.75, 3.05) is 12.0 Å². The van der Waals surface area contributed by atoms with Crippen molar-refractivity contribution in [3.8, 4) is 0 Å². The van der Waals surface area contributed by atoms with Crippen LogP contribution in [0.2, 0.25) is 4.34 Å². The quantitative estimate of drug-likeness (QED) is 0.624. The lowest BCUT2D eigenvalue weighted by molar-refractivity contribution is 0.538. The predicted octanol–water partition coefficient (Wildman–Crippen LogP) is 1.34. The Labute approximate surface area is 98.3 Å². The minimum atomic E-state index is -2.95. The van der Waals surface area contributed by atoms with Crippen molar-refractivity contribution < 1.29 is 8.42 Å². The summed E-state index contributed by atoms with van der Waals surface area (Å²) < 4.78 is 22.7. The van der Waals surface area contributed by atoms with Crippen molar-refractivity contribution in [1.29, 1.82) is 0 Å². The van der Waals surface area contributed by atoms with Crippen LogP contribution in [-0.2, 0) is 9.84 Å². The van der Waals surface area contributed by atoms with Gasteiger partial charge in [-0.3, -0.25) is 11.3 Å². The summed E-state index contributed by atoms with van der Waals surface area (Å²) in [6.07, 6.45) is 1.66. The maximum atomic E-state index is 11.0. The van der Waals surface area contributed by atoms with Gasteiger partial charge in [-0.05, 0) is 18.6 Å². The Morgan fingerprint density at radius 2 is 2.27 bits per heavy atom. The van der Waals surface area contributed by atoms with Crippen LogP contribution in [0.25, 0.3) is 0 Å². The van der Waals surface area contributed by atoms with Crippen LogP contribution >= 0.6 is 22.9 Å². The second kappa shape index (κ2) is 5.27. The summed E-state index contributed by atoms with van der Waals surface area (Å²) in [6.45, 7) is 0. The number of hydrazine groups is 1. The summed E-state index contributed by atoms with van der Waals surface area (Å²) in [5.74, 6) is 5.47.